The third kappa shape index (κ3) is 3.91. The smallest absolute Gasteiger partial charge is 0.295 e. The molecule has 0 saturated carbocycles. The summed E-state index contributed by atoms with van der Waals surface area (Å²) in [5.74, 6) is -0.0914. The molecule has 2 aromatic heterocycles. The van der Waals surface area contributed by atoms with Gasteiger partial charge >= 0.3 is 0 Å². The Hall–Kier alpha value is -3.05. The van der Waals surface area contributed by atoms with Crippen molar-refractivity contribution in [1.29, 1.82) is 0 Å². The number of methoxy groups -OCH3 is 1. The van der Waals surface area contributed by atoms with Gasteiger partial charge in [0.1, 0.15) is 5.75 Å². The Balaban J connectivity index is 1.96. The van der Waals surface area contributed by atoms with E-state index in [0.717, 1.165) is 5.69 Å². The first-order valence-corrected chi connectivity index (χ1v) is 10.4. The number of carbonyl (C=O) groups excluding carboxylic acids is 1. The number of aromatic nitrogens is 4. The van der Waals surface area contributed by atoms with Crippen LogP contribution < -0.4 is 10.1 Å². The predicted octanol–water partition coefficient (Wildman–Crippen LogP) is 1.72. The second-order valence-electron chi connectivity index (χ2n) is 6.14. The lowest BCUT2D eigenvalue weighted by molar-refractivity contribution is 0.101. The Bertz CT molecular complexity index is 1150. The second kappa shape index (κ2) is 8.13. The molecule has 1 amide bonds. The molecule has 0 spiro atoms. The molecule has 11 heteroatoms. The number of fused-ring (bicyclic) bond motifs is 1. The number of amides is 1. The van der Waals surface area contributed by atoms with Crippen LogP contribution in [0.4, 0.5) is 5.69 Å². The van der Waals surface area contributed by atoms with Crippen molar-refractivity contribution < 1.29 is 17.9 Å². The lowest BCUT2D eigenvalue weighted by Gasteiger charge is -2.19. The van der Waals surface area contributed by atoms with E-state index < -0.39 is 15.9 Å². The van der Waals surface area contributed by atoms with Crippen LogP contribution in [0.3, 0.4) is 0 Å². The van der Waals surface area contributed by atoms with Gasteiger partial charge in [-0.2, -0.15) is 9.29 Å². The number of hydrogen-bond donors (Lipinski definition) is 1. The maximum Gasteiger partial charge on any atom is 0.295 e. The quantitative estimate of drug-likeness (QED) is 0.620. The van der Waals surface area contributed by atoms with Gasteiger partial charge in [-0.25, -0.2) is 17.9 Å². The van der Waals surface area contributed by atoms with Crippen LogP contribution in [0.15, 0.2) is 35.4 Å². The molecule has 0 fully saturated rings. The minimum absolute atomic E-state index is 0.0535. The number of sulfonamides is 1. The summed E-state index contributed by atoms with van der Waals surface area (Å²) in [6.45, 7) is 6.01. The molecule has 1 N–H and O–H groups in total. The monoisotopic (exact) mass is 418 g/mol. The third-order valence-corrected chi connectivity index (χ3v) is 6.44. The first kappa shape index (κ1) is 20.7. The van der Waals surface area contributed by atoms with Crippen LogP contribution in [0.1, 0.15) is 30.2 Å². The van der Waals surface area contributed by atoms with E-state index in [0.29, 0.717) is 24.6 Å². The van der Waals surface area contributed by atoms with Crippen molar-refractivity contribution in [3.8, 4) is 5.75 Å². The van der Waals surface area contributed by atoms with Crippen molar-refractivity contribution in [1.82, 2.24) is 23.9 Å². The fraction of sp³-hybridized carbons (Fsp3) is 0.333. The van der Waals surface area contributed by atoms with Crippen molar-refractivity contribution in [3.63, 3.8) is 0 Å². The fourth-order valence-corrected chi connectivity index (χ4v) is 4.32. The minimum Gasteiger partial charge on any atom is -0.495 e. The standard InChI is InChI=1S/C18H22N6O4S/c1-5-23(6-2)29(26,27)13-7-8-15(28-4)14(11-13)20-17(25)16-21-18-19-10-9-12(3)24(18)22-16/h7-11H,5-6H2,1-4H3,(H,20,25). The predicted molar refractivity (Wildman–Crippen MR) is 107 cm³/mol. The normalized spacial score (nSPS) is 11.8. The van der Waals surface area contributed by atoms with E-state index in [1.807, 2.05) is 6.92 Å². The highest BCUT2D eigenvalue weighted by molar-refractivity contribution is 7.89. The summed E-state index contributed by atoms with van der Waals surface area (Å²) in [5.41, 5.74) is 0.973. The summed E-state index contributed by atoms with van der Waals surface area (Å²) in [5, 5.41) is 6.79. The fourth-order valence-electron chi connectivity index (χ4n) is 2.84. The zero-order chi connectivity index (χ0) is 21.2. The van der Waals surface area contributed by atoms with Gasteiger partial charge in [0, 0.05) is 25.0 Å². The summed E-state index contributed by atoms with van der Waals surface area (Å²) < 4.78 is 33.6. The van der Waals surface area contributed by atoms with Gasteiger partial charge in [0.25, 0.3) is 11.7 Å². The van der Waals surface area contributed by atoms with Crippen LogP contribution in [0.5, 0.6) is 5.75 Å². The van der Waals surface area contributed by atoms with Crippen molar-refractivity contribution in [3.05, 3.63) is 42.0 Å². The van der Waals surface area contributed by atoms with Gasteiger partial charge in [-0.1, -0.05) is 13.8 Å². The number of rotatable bonds is 7. The van der Waals surface area contributed by atoms with Crippen LogP contribution in [-0.4, -0.2) is 58.4 Å². The highest BCUT2D eigenvalue weighted by atomic mass is 32.2. The lowest BCUT2D eigenvalue weighted by atomic mass is 10.3. The first-order chi connectivity index (χ1) is 13.8. The molecule has 154 valence electrons. The van der Waals surface area contributed by atoms with E-state index in [4.69, 9.17) is 4.74 Å². The van der Waals surface area contributed by atoms with E-state index in [1.165, 1.54) is 34.1 Å². The summed E-state index contributed by atoms with van der Waals surface area (Å²) in [6, 6.07) is 6.05. The molecule has 0 aliphatic rings. The van der Waals surface area contributed by atoms with E-state index >= 15 is 0 Å². The molecular formula is C18H22N6O4S. The van der Waals surface area contributed by atoms with Crippen molar-refractivity contribution in [2.24, 2.45) is 0 Å². The average Bonchev–Trinajstić information content (AvgIpc) is 3.14. The molecule has 3 rings (SSSR count). The highest BCUT2D eigenvalue weighted by Crippen LogP contribution is 2.29. The zero-order valence-electron chi connectivity index (χ0n) is 16.6. The van der Waals surface area contributed by atoms with Crippen LogP contribution in [0.25, 0.3) is 5.78 Å². The Morgan fingerprint density at radius 2 is 1.97 bits per heavy atom. The van der Waals surface area contributed by atoms with Gasteiger partial charge in [0.2, 0.25) is 15.8 Å². The van der Waals surface area contributed by atoms with Crippen molar-refractivity contribution >= 4 is 27.4 Å². The zero-order valence-corrected chi connectivity index (χ0v) is 17.4. The lowest BCUT2D eigenvalue weighted by Crippen LogP contribution is -2.30. The SMILES string of the molecule is CCN(CC)S(=O)(=O)c1ccc(OC)c(NC(=O)c2nc3nccc(C)n3n2)c1. The Morgan fingerprint density at radius 1 is 1.24 bits per heavy atom. The largest absolute Gasteiger partial charge is 0.495 e. The molecule has 0 aliphatic heterocycles. The molecule has 10 nitrogen and oxygen atoms in total. The number of carbonyl (C=O) groups is 1. The molecule has 0 atom stereocenters. The molecule has 0 radical (unpaired) electrons. The first-order valence-electron chi connectivity index (χ1n) is 8.99. The second-order valence-corrected chi connectivity index (χ2v) is 8.08. The van der Waals surface area contributed by atoms with Crippen molar-refractivity contribution in [2.75, 3.05) is 25.5 Å². The minimum atomic E-state index is -3.69. The topological polar surface area (TPSA) is 119 Å². The van der Waals surface area contributed by atoms with Crippen molar-refractivity contribution in [2.45, 2.75) is 25.7 Å². The van der Waals surface area contributed by atoms with Gasteiger partial charge in [-0.3, -0.25) is 4.79 Å². The van der Waals surface area contributed by atoms with Gasteiger partial charge in [-0.15, -0.1) is 5.10 Å². The molecule has 2 heterocycles. The van der Waals surface area contributed by atoms with Gasteiger partial charge in [0.15, 0.2) is 0 Å². The maximum absolute atomic E-state index is 12.8. The van der Waals surface area contributed by atoms with Gasteiger partial charge in [-0.05, 0) is 31.2 Å². The third-order valence-electron chi connectivity index (χ3n) is 4.40. The number of hydrogen-bond acceptors (Lipinski definition) is 7. The summed E-state index contributed by atoms with van der Waals surface area (Å²) in [4.78, 5) is 20.9. The molecule has 0 unspecified atom stereocenters. The van der Waals surface area contributed by atoms with E-state index in [9.17, 15) is 13.2 Å². The molecular weight excluding hydrogens is 396 g/mol. The Kier molecular flexibility index (Phi) is 5.80. The molecule has 29 heavy (non-hydrogen) atoms. The van der Waals surface area contributed by atoms with Crippen LogP contribution >= 0.6 is 0 Å². The number of anilines is 1. The Morgan fingerprint density at radius 3 is 2.59 bits per heavy atom. The van der Waals surface area contributed by atoms with Crippen LogP contribution in [0, 0.1) is 6.92 Å². The number of benzene rings is 1. The van der Waals surface area contributed by atoms with E-state index in [2.05, 4.69) is 20.4 Å². The maximum atomic E-state index is 12.8. The molecule has 3 aromatic rings. The van der Waals surface area contributed by atoms with Crippen LogP contribution in [-0.2, 0) is 10.0 Å². The number of aryl methyl sites for hydroxylation is 1. The average molecular weight is 418 g/mol. The van der Waals surface area contributed by atoms with E-state index in [1.54, 1.807) is 26.1 Å². The number of nitrogens with one attached hydrogen (secondary N) is 1. The number of ether oxygens (including phenoxy) is 1. The van der Waals surface area contributed by atoms with E-state index in [-0.39, 0.29) is 16.4 Å². The summed E-state index contributed by atoms with van der Waals surface area (Å²) in [7, 11) is -2.26. The van der Waals surface area contributed by atoms with Crippen LogP contribution in [0.2, 0.25) is 0 Å². The highest BCUT2D eigenvalue weighted by Gasteiger charge is 2.24. The summed E-state index contributed by atoms with van der Waals surface area (Å²) in [6.07, 6.45) is 1.58. The number of nitrogens with zero attached hydrogens (tertiary/aromatic N) is 5. The summed E-state index contributed by atoms with van der Waals surface area (Å²) >= 11 is 0. The molecule has 1 aromatic carbocycles. The molecule has 0 saturated heterocycles. The molecule has 0 aliphatic carbocycles. The molecule has 0 bridgehead atoms. The van der Waals surface area contributed by atoms with Gasteiger partial charge in [0.05, 0.1) is 17.7 Å². The Labute approximate surface area is 168 Å². The van der Waals surface area contributed by atoms with Gasteiger partial charge < -0.3 is 10.1 Å².